The van der Waals surface area contributed by atoms with E-state index in [0.717, 1.165) is 17.1 Å². The first-order chi connectivity index (χ1) is 16.2. The van der Waals surface area contributed by atoms with Crippen LogP contribution >= 0.6 is 12.2 Å². The van der Waals surface area contributed by atoms with E-state index in [0.29, 0.717) is 16.9 Å². The topological polar surface area (TPSA) is 83.4 Å². The number of halogens is 1. The summed E-state index contributed by atoms with van der Waals surface area (Å²) in [5, 5.41) is 5.20. The summed E-state index contributed by atoms with van der Waals surface area (Å²) < 4.78 is 15.3. The number of nitrogens with one attached hydrogen (secondary N) is 2. The molecule has 4 rings (SSSR count). The molecule has 34 heavy (non-hydrogen) atoms. The summed E-state index contributed by atoms with van der Waals surface area (Å²) in [4.78, 5) is 38.3. The first-order valence-electron chi connectivity index (χ1n) is 10.4. The molecule has 172 valence electrons. The Morgan fingerprint density at radius 1 is 1.03 bits per heavy atom. The van der Waals surface area contributed by atoms with Gasteiger partial charge in [0.2, 0.25) is 5.91 Å². The highest BCUT2D eigenvalue weighted by Crippen LogP contribution is 2.26. The van der Waals surface area contributed by atoms with Crippen LogP contribution in [0.15, 0.2) is 60.2 Å². The van der Waals surface area contributed by atoms with Crippen molar-refractivity contribution >= 4 is 52.5 Å². The number of hydrogen-bond donors (Lipinski definition) is 2. The summed E-state index contributed by atoms with van der Waals surface area (Å²) in [7, 11) is 0. The standard InChI is InChI=1S/C25H21FN4O3S/c1-14-12-17(15(2)29(14)20-10-6-19(7-11-20)27-16(3)31)13-22-23(32)28-25(34)30(24(22)33)21-8-4-18(26)5-9-21/h4-13H,1-3H3,(H,27,31)(H,28,32,34). The molecule has 3 amide bonds. The summed E-state index contributed by atoms with van der Waals surface area (Å²) in [6.45, 7) is 5.24. The first-order valence-corrected chi connectivity index (χ1v) is 10.8. The molecular weight excluding hydrogens is 455 g/mol. The number of benzene rings is 2. The maximum Gasteiger partial charge on any atom is 0.270 e. The van der Waals surface area contributed by atoms with Crippen molar-refractivity contribution in [2.75, 3.05) is 10.2 Å². The number of thiocarbonyl (C=S) groups is 1. The van der Waals surface area contributed by atoms with Crippen LogP contribution in [0.2, 0.25) is 0 Å². The van der Waals surface area contributed by atoms with Crippen molar-refractivity contribution < 1.29 is 18.8 Å². The Morgan fingerprint density at radius 3 is 2.26 bits per heavy atom. The quantitative estimate of drug-likeness (QED) is 0.339. The first kappa shape index (κ1) is 23.1. The highest BCUT2D eigenvalue weighted by molar-refractivity contribution is 7.80. The zero-order valence-electron chi connectivity index (χ0n) is 18.7. The van der Waals surface area contributed by atoms with Crippen molar-refractivity contribution in [2.45, 2.75) is 20.8 Å². The third kappa shape index (κ3) is 4.38. The van der Waals surface area contributed by atoms with Gasteiger partial charge in [0.1, 0.15) is 11.4 Å². The zero-order chi connectivity index (χ0) is 24.6. The molecule has 1 aromatic heterocycles. The van der Waals surface area contributed by atoms with Gasteiger partial charge in [0, 0.05) is 29.7 Å². The number of nitrogens with zero attached hydrogens (tertiary/aromatic N) is 2. The second-order valence-corrected chi connectivity index (χ2v) is 8.21. The molecular formula is C25H21FN4O3S. The van der Waals surface area contributed by atoms with Crippen molar-refractivity contribution in [3.63, 3.8) is 0 Å². The van der Waals surface area contributed by atoms with Gasteiger partial charge in [-0.05, 0) is 92.3 Å². The minimum atomic E-state index is -0.599. The van der Waals surface area contributed by atoms with Crippen molar-refractivity contribution in [3.8, 4) is 5.69 Å². The van der Waals surface area contributed by atoms with Gasteiger partial charge in [0.25, 0.3) is 11.8 Å². The fraction of sp³-hybridized carbons (Fsp3) is 0.120. The van der Waals surface area contributed by atoms with Crippen molar-refractivity contribution in [3.05, 3.63) is 82.9 Å². The molecule has 1 saturated heterocycles. The van der Waals surface area contributed by atoms with E-state index >= 15 is 0 Å². The predicted octanol–water partition coefficient (Wildman–Crippen LogP) is 4.02. The fourth-order valence-corrected chi connectivity index (χ4v) is 4.15. The van der Waals surface area contributed by atoms with Gasteiger partial charge in [0.15, 0.2) is 5.11 Å². The van der Waals surface area contributed by atoms with Crippen LogP contribution in [0.25, 0.3) is 11.8 Å². The molecule has 0 aliphatic carbocycles. The van der Waals surface area contributed by atoms with Gasteiger partial charge in [-0.15, -0.1) is 0 Å². The molecule has 0 spiro atoms. The molecule has 1 aliphatic heterocycles. The molecule has 0 saturated carbocycles. The summed E-state index contributed by atoms with van der Waals surface area (Å²) in [6.07, 6.45) is 1.53. The van der Waals surface area contributed by atoms with Crippen LogP contribution in [0, 0.1) is 19.7 Å². The lowest BCUT2D eigenvalue weighted by Crippen LogP contribution is -2.54. The zero-order valence-corrected chi connectivity index (χ0v) is 19.5. The molecule has 1 fully saturated rings. The highest BCUT2D eigenvalue weighted by Gasteiger charge is 2.34. The second kappa shape index (κ2) is 9.03. The van der Waals surface area contributed by atoms with Crippen molar-refractivity contribution in [1.82, 2.24) is 9.88 Å². The van der Waals surface area contributed by atoms with E-state index in [-0.39, 0.29) is 16.6 Å². The van der Waals surface area contributed by atoms with E-state index < -0.39 is 17.6 Å². The Bertz CT molecular complexity index is 1360. The van der Waals surface area contributed by atoms with E-state index in [1.54, 1.807) is 12.1 Å². The molecule has 1 aliphatic rings. The average Bonchev–Trinajstić information content (AvgIpc) is 3.05. The van der Waals surface area contributed by atoms with E-state index in [2.05, 4.69) is 10.6 Å². The maximum absolute atomic E-state index is 13.3. The molecule has 0 radical (unpaired) electrons. The lowest BCUT2D eigenvalue weighted by molar-refractivity contribution is -0.122. The van der Waals surface area contributed by atoms with Gasteiger partial charge < -0.3 is 9.88 Å². The van der Waals surface area contributed by atoms with E-state index in [9.17, 15) is 18.8 Å². The van der Waals surface area contributed by atoms with Gasteiger partial charge in [-0.1, -0.05) is 0 Å². The van der Waals surface area contributed by atoms with Crippen LogP contribution in [0.4, 0.5) is 15.8 Å². The van der Waals surface area contributed by atoms with Crippen molar-refractivity contribution in [1.29, 1.82) is 0 Å². The number of amides is 3. The van der Waals surface area contributed by atoms with Crippen LogP contribution in [0.1, 0.15) is 23.9 Å². The molecule has 0 unspecified atom stereocenters. The Hall–Kier alpha value is -4.11. The lowest BCUT2D eigenvalue weighted by Gasteiger charge is -2.28. The SMILES string of the molecule is CC(=O)Nc1ccc(-n2c(C)cc(C=C3C(=O)NC(=S)N(c4ccc(F)cc4)C3=O)c2C)cc1. The Balaban J connectivity index is 1.70. The van der Waals surface area contributed by atoms with Gasteiger partial charge in [0.05, 0.1) is 5.69 Å². The van der Waals surface area contributed by atoms with E-state index in [1.165, 1.54) is 42.2 Å². The normalized spacial score (nSPS) is 15.0. The van der Waals surface area contributed by atoms with Crippen LogP contribution in [-0.4, -0.2) is 27.4 Å². The van der Waals surface area contributed by atoms with Crippen LogP contribution in [0.3, 0.4) is 0 Å². The minimum Gasteiger partial charge on any atom is -0.326 e. The monoisotopic (exact) mass is 476 g/mol. The smallest absolute Gasteiger partial charge is 0.270 e. The molecule has 9 heteroatoms. The van der Waals surface area contributed by atoms with E-state index in [4.69, 9.17) is 12.2 Å². The fourth-order valence-electron chi connectivity index (χ4n) is 3.87. The van der Waals surface area contributed by atoms with Crippen LogP contribution < -0.4 is 15.5 Å². The maximum atomic E-state index is 13.3. The van der Waals surface area contributed by atoms with Gasteiger partial charge in [-0.2, -0.15) is 0 Å². The Labute approximate surface area is 200 Å². The number of aryl methyl sites for hydroxylation is 1. The molecule has 3 aromatic rings. The predicted molar refractivity (Wildman–Crippen MR) is 132 cm³/mol. The molecule has 2 heterocycles. The minimum absolute atomic E-state index is 0.0662. The number of rotatable bonds is 4. The Morgan fingerprint density at radius 2 is 1.65 bits per heavy atom. The summed E-state index contributed by atoms with van der Waals surface area (Å²) in [5.74, 6) is -1.79. The molecule has 2 aromatic carbocycles. The average molecular weight is 477 g/mol. The summed E-state index contributed by atoms with van der Waals surface area (Å²) in [6, 6.07) is 14.5. The second-order valence-electron chi connectivity index (χ2n) is 7.82. The lowest BCUT2D eigenvalue weighted by atomic mass is 10.1. The number of hydrogen-bond acceptors (Lipinski definition) is 4. The number of aromatic nitrogens is 1. The van der Waals surface area contributed by atoms with Crippen LogP contribution in [0.5, 0.6) is 0 Å². The Kier molecular flexibility index (Phi) is 6.12. The van der Waals surface area contributed by atoms with E-state index in [1.807, 2.05) is 36.6 Å². The number of carbonyl (C=O) groups is 3. The number of anilines is 2. The molecule has 0 bridgehead atoms. The van der Waals surface area contributed by atoms with Crippen molar-refractivity contribution in [2.24, 2.45) is 0 Å². The van der Waals surface area contributed by atoms with Gasteiger partial charge >= 0.3 is 0 Å². The summed E-state index contributed by atoms with van der Waals surface area (Å²) in [5.41, 5.74) is 4.22. The van der Waals surface area contributed by atoms with Crippen LogP contribution in [-0.2, 0) is 14.4 Å². The molecule has 7 nitrogen and oxygen atoms in total. The van der Waals surface area contributed by atoms with Gasteiger partial charge in [-0.25, -0.2) is 4.39 Å². The molecule has 0 atom stereocenters. The highest BCUT2D eigenvalue weighted by atomic mass is 32.1. The largest absolute Gasteiger partial charge is 0.326 e. The molecule has 2 N–H and O–H groups in total. The third-order valence-corrected chi connectivity index (χ3v) is 5.69. The van der Waals surface area contributed by atoms with Gasteiger partial charge in [-0.3, -0.25) is 24.6 Å². The third-order valence-electron chi connectivity index (χ3n) is 5.40. The summed E-state index contributed by atoms with van der Waals surface area (Å²) >= 11 is 5.19. The number of carbonyl (C=O) groups excluding carboxylic acids is 3.